The molecule has 6 heteroatoms. The Bertz CT molecular complexity index is 497. The molecule has 0 spiro atoms. The van der Waals surface area contributed by atoms with E-state index in [2.05, 4.69) is 5.32 Å². The predicted octanol–water partition coefficient (Wildman–Crippen LogP) is 1.48. The van der Waals surface area contributed by atoms with Crippen LogP contribution in [0.5, 0.6) is 5.75 Å². The summed E-state index contributed by atoms with van der Waals surface area (Å²) in [4.78, 5) is 22.6. The van der Waals surface area contributed by atoms with Gasteiger partial charge in [0, 0.05) is 13.7 Å². The van der Waals surface area contributed by atoms with Gasteiger partial charge in [-0.05, 0) is 30.5 Å². The molecule has 6 nitrogen and oxygen atoms in total. The fraction of sp³-hybridized carbons (Fsp3) is 0.467. The Morgan fingerprint density at radius 1 is 1.33 bits per heavy atom. The minimum absolute atomic E-state index is 0.152. The highest BCUT2D eigenvalue weighted by atomic mass is 16.5. The third kappa shape index (κ3) is 4.75. The maximum absolute atomic E-state index is 11.7. The van der Waals surface area contributed by atoms with Gasteiger partial charge in [0.2, 0.25) is 5.91 Å². The van der Waals surface area contributed by atoms with E-state index in [1.165, 1.54) is 26.4 Å². The van der Waals surface area contributed by atoms with Crippen LogP contribution in [0.2, 0.25) is 0 Å². The lowest BCUT2D eigenvalue weighted by molar-refractivity contribution is -0.131. The Hall–Kier alpha value is -2.08. The molecule has 2 N–H and O–H groups in total. The van der Waals surface area contributed by atoms with Gasteiger partial charge in [-0.15, -0.1) is 0 Å². The topological polar surface area (TPSA) is 84.9 Å². The van der Waals surface area contributed by atoms with Crippen molar-refractivity contribution in [1.29, 1.82) is 0 Å². The molecule has 0 heterocycles. The molecule has 116 valence electrons. The smallest absolute Gasteiger partial charge is 0.335 e. The van der Waals surface area contributed by atoms with Crippen LogP contribution < -0.4 is 10.1 Å². The van der Waals surface area contributed by atoms with Gasteiger partial charge in [-0.1, -0.05) is 13.0 Å². The number of rotatable bonds is 8. The van der Waals surface area contributed by atoms with Gasteiger partial charge in [-0.2, -0.15) is 0 Å². The van der Waals surface area contributed by atoms with Crippen LogP contribution in [0.25, 0.3) is 0 Å². The number of ether oxygens (including phenoxy) is 2. The Morgan fingerprint density at radius 3 is 2.57 bits per heavy atom. The second-order valence-electron chi connectivity index (χ2n) is 4.51. The average Bonchev–Trinajstić information content (AvgIpc) is 2.48. The summed E-state index contributed by atoms with van der Waals surface area (Å²) in [6.07, 6.45) is 0.717. The Morgan fingerprint density at radius 2 is 2.05 bits per heavy atom. The van der Waals surface area contributed by atoms with E-state index in [-0.39, 0.29) is 11.5 Å². The molecule has 1 atom stereocenters. The first-order chi connectivity index (χ1) is 10.0. The fourth-order valence-electron chi connectivity index (χ4n) is 1.98. The van der Waals surface area contributed by atoms with Crippen molar-refractivity contribution in [2.75, 3.05) is 20.8 Å². The predicted molar refractivity (Wildman–Crippen MR) is 77.8 cm³/mol. The first-order valence-corrected chi connectivity index (χ1v) is 6.74. The highest BCUT2D eigenvalue weighted by molar-refractivity contribution is 5.88. The number of carbonyl (C=O) groups is 2. The van der Waals surface area contributed by atoms with Crippen molar-refractivity contribution in [1.82, 2.24) is 5.32 Å². The van der Waals surface area contributed by atoms with Crippen LogP contribution in [0.3, 0.4) is 0 Å². The van der Waals surface area contributed by atoms with Gasteiger partial charge in [0.1, 0.15) is 11.9 Å². The quantitative estimate of drug-likeness (QED) is 0.758. The number of nitrogens with one attached hydrogen (secondary N) is 1. The monoisotopic (exact) mass is 295 g/mol. The normalized spacial score (nSPS) is 11.8. The first kappa shape index (κ1) is 17.0. The van der Waals surface area contributed by atoms with E-state index in [1.807, 2.05) is 6.92 Å². The van der Waals surface area contributed by atoms with E-state index in [9.17, 15) is 9.59 Å². The van der Waals surface area contributed by atoms with Gasteiger partial charge in [0.05, 0.1) is 12.7 Å². The molecule has 0 saturated carbocycles. The van der Waals surface area contributed by atoms with Crippen molar-refractivity contribution in [3.63, 3.8) is 0 Å². The minimum atomic E-state index is -1.00. The number of carboxylic acids is 1. The van der Waals surface area contributed by atoms with E-state index in [4.69, 9.17) is 14.6 Å². The molecular formula is C15H21NO5. The van der Waals surface area contributed by atoms with E-state index >= 15 is 0 Å². The summed E-state index contributed by atoms with van der Waals surface area (Å²) in [6.45, 7) is 2.31. The SMILES string of the molecule is CCC(OC)C(=O)NCCc1ccc(C(=O)O)cc1OC. The standard InChI is InChI=1S/C15H21NO5/c1-4-12(20-2)14(17)16-8-7-10-5-6-11(15(18)19)9-13(10)21-3/h5-6,9,12H,4,7-8H2,1-3H3,(H,16,17)(H,18,19). The van der Waals surface area contributed by atoms with Crippen LogP contribution in [0.15, 0.2) is 18.2 Å². The molecule has 1 rings (SSSR count). The summed E-state index contributed by atoms with van der Waals surface area (Å²) in [5.41, 5.74) is 1.01. The van der Waals surface area contributed by atoms with E-state index in [0.29, 0.717) is 25.1 Å². The van der Waals surface area contributed by atoms with Gasteiger partial charge in [0.25, 0.3) is 0 Å². The molecule has 0 aromatic heterocycles. The van der Waals surface area contributed by atoms with Crippen molar-refractivity contribution < 1.29 is 24.2 Å². The first-order valence-electron chi connectivity index (χ1n) is 6.74. The van der Waals surface area contributed by atoms with Gasteiger partial charge in [-0.3, -0.25) is 4.79 Å². The maximum Gasteiger partial charge on any atom is 0.335 e. The highest BCUT2D eigenvalue weighted by Gasteiger charge is 2.15. The maximum atomic E-state index is 11.7. The summed E-state index contributed by atoms with van der Waals surface area (Å²) in [7, 11) is 2.99. The fourth-order valence-corrected chi connectivity index (χ4v) is 1.98. The van der Waals surface area contributed by atoms with Crippen LogP contribution in [0.4, 0.5) is 0 Å². The zero-order valence-electron chi connectivity index (χ0n) is 12.5. The highest BCUT2D eigenvalue weighted by Crippen LogP contribution is 2.20. The van der Waals surface area contributed by atoms with Crippen molar-refractivity contribution in [3.8, 4) is 5.75 Å². The van der Waals surface area contributed by atoms with Crippen LogP contribution >= 0.6 is 0 Å². The molecule has 21 heavy (non-hydrogen) atoms. The van der Waals surface area contributed by atoms with Crippen LogP contribution in [0, 0.1) is 0 Å². The molecular weight excluding hydrogens is 274 g/mol. The average molecular weight is 295 g/mol. The summed E-state index contributed by atoms with van der Waals surface area (Å²) in [6, 6.07) is 4.69. The largest absolute Gasteiger partial charge is 0.496 e. The Kier molecular flexibility index (Phi) is 6.68. The Balaban J connectivity index is 2.63. The van der Waals surface area contributed by atoms with Gasteiger partial charge in [-0.25, -0.2) is 4.79 Å². The number of benzene rings is 1. The van der Waals surface area contributed by atoms with Crippen LogP contribution in [-0.4, -0.2) is 43.9 Å². The van der Waals surface area contributed by atoms with Gasteiger partial charge < -0.3 is 19.9 Å². The van der Waals surface area contributed by atoms with E-state index < -0.39 is 12.1 Å². The number of carboxylic acid groups (broad SMARTS) is 1. The number of hydrogen-bond donors (Lipinski definition) is 2. The number of aromatic carboxylic acids is 1. The molecule has 0 fully saturated rings. The molecule has 1 unspecified atom stereocenters. The van der Waals surface area contributed by atoms with E-state index in [1.54, 1.807) is 6.07 Å². The number of hydrogen-bond acceptors (Lipinski definition) is 4. The molecule has 1 amide bonds. The summed E-state index contributed by atoms with van der Waals surface area (Å²) >= 11 is 0. The lowest BCUT2D eigenvalue weighted by Crippen LogP contribution is -2.36. The second kappa shape index (κ2) is 8.26. The summed E-state index contributed by atoms with van der Waals surface area (Å²) < 4.78 is 10.2. The summed E-state index contributed by atoms with van der Waals surface area (Å²) in [5, 5.41) is 11.7. The summed E-state index contributed by atoms with van der Waals surface area (Å²) in [5.74, 6) is -0.650. The number of carbonyl (C=O) groups excluding carboxylic acids is 1. The van der Waals surface area contributed by atoms with Crippen molar-refractivity contribution in [3.05, 3.63) is 29.3 Å². The molecule has 0 aliphatic rings. The molecule has 0 radical (unpaired) electrons. The molecule has 1 aromatic carbocycles. The van der Waals surface area contributed by atoms with Crippen molar-refractivity contribution in [2.45, 2.75) is 25.9 Å². The molecule has 0 saturated heterocycles. The van der Waals surface area contributed by atoms with Crippen molar-refractivity contribution >= 4 is 11.9 Å². The lowest BCUT2D eigenvalue weighted by Gasteiger charge is -2.14. The zero-order chi connectivity index (χ0) is 15.8. The molecule has 0 bridgehead atoms. The molecule has 1 aromatic rings. The van der Waals surface area contributed by atoms with Crippen LogP contribution in [-0.2, 0) is 16.0 Å². The van der Waals surface area contributed by atoms with Crippen molar-refractivity contribution in [2.24, 2.45) is 0 Å². The lowest BCUT2D eigenvalue weighted by atomic mass is 10.1. The number of amides is 1. The minimum Gasteiger partial charge on any atom is -0.496 e. The van der Waals surface area contributed by atoms with Gasteiger partial charge >= 0.3 is 5.97 Å². The van der Waals surface area contributed by atoms with E-state index in [0.717, 1.165) is 5.56 Å². The van der Waals surface area contributed by atoms with Gasteiger partial charge in [0.15, 0.2) is 0 Å². The third-order valence-electron chi connectivity index (χ3n) is 3.18. The number of methoxy groups -OCH3 is 2. The molecule has 0 aliphatic heterocycles. The zero-order valence-corrected chi connectivity index (χ0v) is 12.5. The molecule has 0 aliphatic carbocycles. The Labute approximate surface area is 124 Å². The second-order valence-corrected chi connectivity index (χ2v) is 4.51. The third-order valence-corrected chi connectivity index (χ3v) is 3.18. The van der Waals surface area contributed by atoms with Crippen LogP contribution in [0.1, 0.15) is 29.3 Å².